The molecule has 4 fully saturated rings. The highest BCUT2D eigenvalue weighted by molar-refractivity contribution is 8.00. The van der Waals surface area contributed by atoms with Crippen LogP contribution < -0.4 is 15.5 Å². The van der Waals surface area contributed by atoms with Crippen LogP contribution in [0.2, 0.25) is 5.02 Å². The third-order valence-corrected chi connectivity index (χ3v) is 16.3. The van der Waals surface area contributed by atoms with Gasteiger partial charge in [0.05, 0.1) is 94.3 Å². The zero-order chi connectivity index (χ0) is 60.1. The number of nitrogens with one attached hydrogen (secondary N) is 2. The van der Waals surface area contributed by atoms with Crippen LogP contribution in [0.3, 0.4) is 0 Å². The molecule has 0 radical (unpaired) electrons. The summed E-state index contributed by atoms with van der Waals surface area (Å²) in [4.78, 5) is 108. The number of alkyl carbamates (subject to hydrolysis) is 1. The van der Waals surface area contributed by atoms with E-state index in [0.29, 0.717) is 75.4 Å². The molecule has 0 spiro atoms. The number of ether oxygens (including phenoxy) is 8. The van der Waals surface area contributed by atoms with Crippen molar-refractivity contribution in [2.24, 2.45) is 11.8 Å². The minimum atomic E-state index is -1.62. The maximum Gasteiger partial charge on any atom is 0.409 e. The first-order valence-electron chi connectivity index (χ1n) is 28.2. The molecule has 0 saturated carbocycles. The number of thioether (sulfide) groups is 1. The highest BCUT2D eigenvalue weighted by atomic mass is 35.5. The normalized spacial score (nSPS) is 27.1. The summed E-state index contributed by atoms with van der Waals surface area (Å²) in [5, 5.41) is 17.9. The predicted molar refractivity (Wildman–Crippen MR) is 302 cm³/mol. The molecule has 6 rings (SSSR count). The Bertz CT molecular complexity index is 2450. The number of hydroxylamine groups is 2. The maximum absolute atomic E-state index is 14.1. The highest BCUT2D eigenvalue weighted by Gasteiger charge is 2.64. The fourth-order valence-electron chi connectivity index (χ4n) is 9.63. The number of fused-ring (bicyclic) bond motifs is 5. The summed E-state index contributed by atoms with van der Waals surface area (Å²) >= 11 is 8.09. The molecule has 5 heterocycles. The van der Waals surface area contributed by atoms with E-state index >= 15 is 0 Å². The molecule has 1 aromatic rings. The first kappa shape index (κ1) is 67.6. The highest BCUT2D eigenvalue weighted by Crippen LogP contribution is 2.49. The van der Waals surface area contributed by atoms with Crippen molar-refractivity contribution in [3.63, 3.8) is 0 Å². The molecule has 1 aromatic carbocycles. The van der Waals surface area contributed by atoms with E-state index in [1.54, 1.807) is 20.9 Å². The average Bonchev–Trinajstić information content (AvgIpc) is 2.05. The number of carbonyl (C=O) groups is 8. The van der Waals surface area contributed by atoms with E-state index in [9.17, 15) is 43.5 Å². The lowest BCUT2D eigenvalue weighted by molar-refractivity contribution is -0.193. The molecule has 9 atom stereocenters. The first-order valence-corrected chi connectivity index (χ1v) is 29.6. The fourth-order valence-corrected chi connectivity index (χ4v) is 10.9. The molecule has 0 aliphatic carbocycles. The maximum atomic E-state index is 14.1. The van der Waals surface area contributed by atoms with Crippen molar-refractivity contribution >= 4 is 76.6 Å². The Morgan fingerprint density at radius 1 is 0.927 bits per heavy atom. The van der Waals surface area contributed by atoms with Gasteiger partial charge in [0.25, 0.3) is 5.91 Å². The second kappa shape index (κ2) is 32.8. The molecule has 23 nitrogen and oxygen atoms in total. The molecule has 4 bridgehead atoms. The van der Waals surface area contributed by atoms with Gasteiger partial charge in [0.1, 0.15) is 23.5 Å². The van der Waals surface area contributed by atoms with E-state index in [1.165, 1.54) is 23.6 Å². The zero-order valence-corrected chi connectivity index (χ0v) is 50.4. The number of rotatable bonds is 25. The van der Waals surface area contributed by atoms with E-state index in [1.807, 2.05) is 65.0 Å². The van der Waals surface area contributed by atoms with Gasteiger partial charge in [-0.15, -0.1) is 11.8 Å². The number of anilines is 1. The molecule has 6 amide bonds. The van der Waals surface area contributed by atoms with Gasteiger partial charge >= 0.3 is 18.0 Å². The van der Waals surface area contributed by atoms with E-state index in [0.717, 1.165) is 33.1 Å². The Morgan fingerprint density at radius 3 is 2.32 bits per heavy atom. The molecule has 5 aliphatic heterocycles. The molecule has 4 saturated heterocycles. The number of allylic oxidation sites excluding steroid dienone is 3. The lowest BCUT2D eigenvalue weighted by Crippen LogP contribution is -2.60. The molecule has 0 aromatic heterocycles. The van der Waals surface area contributed by atoms with Crippen LogP contribution in [0.1, 0.15) is 105 Å². The van der Waals surface area contributed by atoms with Crippen LogP contribution >= 0.6 is 23.4 Å². The van der Waals surface area contributed by atoms with Gasteiger partial charge in [-0.1, -0.05) is 55.3 Å². The van der Waals surface area contributed by atoms with Gasteiger partial charge in [0, 0.05) is 70.0 Å². The summed E-state index contributed by atoms with van der Waals surface area (Å²) < 4.78 is 45.0. The molecule has 5 aliphatic rings. The Labute approximate surface area is 490 Å². The van der Waals surface area contributed by atoms with Crippen LogP contribution in [0.5, 0.6) is 0 Å². The van der Waals surface area contributed by atoms with Gasteiger partial charge in [0.2, 0.25) is 23.6 Å². The van der Waals surface area contributed by atoms with Gasteiger partial charge in [-0.3, -0.25) is 34.2 Å². The SMILES string of the molecule is CCNC(=O)CCN1C(=O)CC(SCCOCCO[C@@H](C)C(=O)O[C@H]2CC(=O)N(C)c3cc(cc(C)c3Cl)C/C(C)=C/C=C/[C@@H](C)[C@@]3(O)CC(OC(=O)N3)[C@@H](C)[C@@H]3O[C@@]23C)C1=O.CCOCCOCCOCCC(=O)ON1CCCC1=O. The monoisotopic (exact) mass is 1190 g/mol. The van der Waals surface area contributed by atoms with Gasteiger partial charge in [-0.25, -0.2) is 14.4 Å². The number of esters is 1. The van der Waals surface area contributed by atoms with Crippen molar-refractivity contribution in [2.75, 3.05) is 96.8 Å². The van der Waals surface area contributed by atoms with Crippen LogP contribution in [0, 0.1) is 18.8 Å². The lowest BCUT2D eigenvalue weighted by atomic mass is 9.82. The van der Waals surface area contributed by atoms with Gasteiger partial charge in [-0.2, -0.15) is 5.06 Å². The first-order chi connectivity index (χ1) is 39.0. The number of hydrogen-bond acceptors (Lipinski definition) is 19. The van der Waals surface area contributed by atoms with E-state index in [4.69, 9.17) is 54.3 Å². The number of benzene rings is 1. The van der Waals surface area contributed by atoms with Gasteiger partial charge < -0.3 is 58.1 Å². The number of epoxide rings is 1. The van der Waals surface area contributed by atoms with Crippen LogP contribution in [0.4, 0.5) is 10.5 Å². The predicted octanol–water partition coefficient (Wildman–Crippen LogP) is 4.92. The second-order valence-corrected chi connectivity index (χ2v) is 22.7. The number of amides is 6. The number of nitrogens with zero attached hydrogens (tertiary/aromatic N) is 3. The van der Waals surface area contributed by atoms with Crippen molar-refractivity contribution in [1.82, 2.24) is 20.6 Å². The molecular formula is C57H84ClN5O18S. The minimum absolute atomic E-state index is 0.0373. The number of hydrogen-bond donors (Lipinski definition) is 3. The molecule has 458 valence electrons. The fraction of sp³-hybridized carbons (Fsp3) is 0.684. The van der Waals surface area contributed by atoms with Crippen molar-refractivity contribution in [1.29, 1.82) is 0 Å². The second-order valence-electron chi connectivity index (χ2n) is 21.0. The Balaban J connectivity index is 0.000000519. The summed E-state index contributed by atoms with van der Waals surface area (Å²) in [5.41, 5.74) is 0.430. The third-order valence-electron chi connectivity index (χ3n) is 14.6. The molecular weight excluding hydrogens is 1110 g/mol. The molecule has 3 N–H and O–H groups in total. The molecule has 25 heteroatoms. The average molecular weight is 1190 g/mol. The number of likely N-dealkylation sites (tertiary alicyclic amines) is 1. The van der Waals surface area contributed by atoms with Crippen molar-refractivity contribution in [3.05, 3.63) is 52.1 Å². The number of aryl methyl sites for hydroxylation is 1. The Kier molecular flexibility index (Phi) is 27.0. The topological polar surface area (TPSA) is 277 Å². The van der Waals surface area contributed by atoms with Crippen molar-refractivity contribution < 1.29 is 86.2 Å². The van der Waals surface area contributed by atoms with Crippen LogP contribution in [-0.4, -0.2) is 196 Å². The standard InChI is InChI=1S/C44H61ClN4O12S.C13H23NO6/c1-9-46-35(50)13-14-49-37(52)22-33(40(49)53)62-18-17-57-15-16-58-29(6)41(54)60-34-23-36(51)48(8)31-21-30(20-26(3)38(31)45)19-25(2)11-10-12-27(4)44(56)24-32(59-42(55)47-44)28(5)39-43(34,7)61-39;1-2-17-8-9-19-11-10-18-7-5-13(16)20-14-6-3-4-12(14)15/h10-12,20-21,27-29,32-34,39,56H,9,13-19,22-24H2,1-8H3,(H,46,50)(H,47,55);2-11H2,1H3/b12-10+,25-11+;/t27-,28-,29+,32?,33?,34+,39+,43+,44+;/m1./s1. The largest absolute Gasteiger partial charge is 0.457 e. The Hall–Kier alpha value is -5.18. The summed E-state index contributed by atoms with van der Waals surface area (Å²) in [6.07, 6.45) is 3.09. The smallest absolute Gasteiger partial charge is 0.409 e. The van der Waals surface area contributed by atoms with E-state index in [-0.39, 0.29) is 94.6 Å². The summed E-state index contributed by atoms with van der Waals surface area (Å²) in [5.74, 6) is -3.06. The summed E-state index contributed by atoms with van der Waals surface area (Å²) in [6.45, 7) is 18.9. The van der Waals surface area contributed by atoms with Gasteiger partial charge in [0.15, 0.2) is 6.10 Å². The number of halogens is 1. The summed E-state index contributed by atoms with van der Waals surface area (Å²) in [7, 11) is 1.62. The van der Waals surface area contributed by atoms with Gasteiger partial charge in [-0.05, 0) is 71.6 Å². The molecule has 82 heavy (non-hydrogen) atoms. The van der Waals surface area contributed by atoms with Crippen molar-refractivity contribution in [3.8, 4) is 0 Å². The van der Waals surface area contributed by atoms with E-state index < -0.39 is 70.9 Å². The zero-order valence-electron chi connectivity index (χ0n) is 48.8. The lowest BCUT2D eigenvalue weighted by Gasteiger charge is -2.41. The number of imide groups is 1. The minimum Gasteiger partial charge on any atom is -0.457 e. The number of carbonyl (C=O) groups excluding carboxylic acids is 8. The van der Waals surface area contributed by atoms with Crippen LogP contribution in [0.25, 0.3) is 0 Å². The van der Waals surface area contributed by atoms with Crippen molar-refractivity contribution in [2.45, 2.75) is 148 Å². The Morgan fingerprint density at radius 2 is 1.62 bits per heavy atom. The quantitative estimate of drug-likeness (QED) is 0.0507. The third kappa shape index (κ3) is 20.0. The van der Waals surface area contributed by atoms with Crippen LogP contribution in [0.15, 0.2) is 35.9 Å². The van der Waals surface area contributed by atoms with E-state index in [2.05, 4.69) is 10.6 Å². The number of aliphatic hydroxyl groups is 1. The molecule has 2 unspecified atom stereocenters. The van der Waals surface area contributed by atoms with Crippen LogP contribution in [-0.2, 0) is 82.7 Å². The summed E-state index contributed by atoms with van der Waals surface area (Å²) in [6, 6.07) is 3.83.